The summed E-state index contributed by atoms with van der Waals surface area (Å²) in [6.07, 6.45) is 5.26. The van der Waals surface area contributed by atoms with Crippen molar-refractivity contribution in [3.05, 3.63) is 28.2 Å². The van der Waals surface area contributed by atoms with Gasteiger partial charge in [0.1, 0.15) is 0 Å². The first-order valence-corrected chi connectivity index (χ1v) is 8.21. The highest BCUT2D eigenvalue weighted by Crippen LogP contribution is 2.40. The predicted molar refractivity (Wildman–Crippen MR) is 84.5 cm³/mol. The van der Waals surface area contributed by atoms with E-state index in [9.17, 15) is 0 Å². The molecule has 3 unspecified atom stereocenters. The zero-order valence-corrected chi connectivity index (χ0v) is 13.2. The second-order valence-corrected chi connectivity index (χ2v) is 7.23. The third-order valence-electron chi connectivity index (χ3n) is 4.65. The maximum atomic E-state index is 6.00. The molecular formula is C16H23BrN2. The van der Waals surface area contributed by atoms with E-state index in [2.05, 4.69) is 46.0 Å². The smallest absolute Gasteiger partial charge is 0.0400 e. The summed E-state index contributed by atoms with van der Waals surface area (Å²) in [5.41, 5.74) is 8.81. The molecule has 1 aromatic carbocycles. The van der Waals surface area contributed by atoms with Crippen LogP contribution in [-0.2, 0) is 6.42 Å². The number of anilines is 1. The number of nitrogens with zero attached hydrogens (tertiary/aromatic N) is 1. The van der Waals surface area contributed by atoms with E-state index in [0.29, 0.717) is 0 Å². The Kier molecular flexibility index (Phi) is 3.86. The maximum absolute atomic E-state index is 6.00. The van der Waals surface area contributed by atoms with Crippen molar-refractivity contribution in [3.63, 3.8) is 0 Å². The van der Waals surface area contributed by atoms with Gasteiger partial charge in [0.2, 0.25) is 0 Å². The average Bonchev–Trinajstić information content (AvgIpc) is 2.88. The van der Waals surface area contributed by atoms with Gasteiger partial charge in [-0.25, -0.2) is 0 Å². The molecule has 1 aliphatic heterocycles. The van der Waals surface area contributed by atoms with E-state index in [4.69, 9.17) is 5.73 Å². The Hall–Kier alpha value is -0.540. The lowest BCUT2D eigenvalue weighted by atomic mass is 10.0. The van der Waals surface area contributed by atoms with Gasteiger partial charge in [-0.1, -0.05) is 22.4 Å². The van der Waals surface area contributed by atoms with Gasteiger partial charge in [-0.2, -0.15) is 0 Å². The highest BCUT2D eigenvalue weighted by molar-refractivity contribution is 9.10. The first kappa shape index (κ1) is 13.4. The monoisotopic (exact) mass is 322 g/mol. The quantitative estimate of drug-likeness (QED) is 0.921. The molecule has 2 fully saturated rings. The standard InChI is InChI=1S/C16H23BrN2/c1-11(18)7-14-8-15(17)5-6-16(14)19-9-12-3-2-4-13(12)10-19/h5-6,8,11-13H,2-4,7,9-10,18H2,1H3. The summed E-state index contributed by atoms with van der Waals surface area (Å²) in [5, 5.41) is 0. The summed E-state index contributed by atoms with van der Waals surface area (Å²) >= 11 is 3.58. The van der Waals surface area contributed by atoms with Gasteiger partial charge in [-0.05, 0) is 61.8 Å². The molecule has 1 aromatic rings. The zero-order valence-electron chi connectivity index (χ0n) is 11.6. The van der Waals surface area contributed by atoms with Crippen LogP contribution >= 0.6 is 15.9 Å². The number of nitrogens with two attached hydrogens (primary N) is 1. The third-order valence-corrected chi connectivity index (χ3v) is 5.14. The molecule has 104 valence electrons. The average molecular weight is 323 g/mol. The Morgan fingerprint density at radius 2 is 2.00 bits per heavy atom. The molecule has 1 heterocycles. The van der Waals surface area contributed by atoms with Crippen molar-refractivity contribution in [2.45, 2.75) is 38.6 Å². The molecule has 3 heteroatoms. The van der Waals surface area contributed by atoms with Crippen molar-refractivity contribution >= 4 is 21.6 Å². The van der Waals surface area contributed by atoms with Crippen LogP contribution in [-0.4, -0.2) is 19.1 Å². The van der Waals surface area contributed by atoms with Crippen LogP contribution in [0.3, 0.4) is 0 Å². The number of hydrogen-bond acceptors (Lipinski definition) is 2. The highest BCUT2D eigenvalue weighted by Gasteiger charge is 2.36. The summed E-state index contributed by atoms with van der Waals surface area (Å²) in [7, 11) is 0. The van der Waals surface area contributed by atoms with Gasteiger partial charge < -0.3 is 10.6 Å². The summed E-state index contributed by atoms with van der Waals surface area (Å²) in [6, 6.07) is 6.89. The second kappa shape index (κ2) is 5.45. The van der Waals surface area contributed by atoms with Gasteiger partial charge in [0.05, 0.1) is 0 Å². The van der Waals surface area contributed by atoms with Crippen LogP contribution in [0.5, 0.6) is 0 Å². The molecule has 2 nitrogen and oxygen atoms in total. The SMILES string of the molecule is CC(N)Cc1cc(Br)ccc1N1CC2CCCC2C1. The van der Waals surface area contributed by atoms with Crippen molar-refractivity contribution < 1.29 is 0 Å². The maximum Gasteiger partial charge on any atom is 0.0400 e. The molecule has 19 heavy (non-hydrogen) atoms. The Morgan fingerprint density at radius 1 is 1.32 bits per heavy atom. The molecule has 1 saturated heterocycles. The van der Waals surface area contributed by atoms with E-state index in [0.717, 1.165) is 22.7 Å². The summed E-state index contributed by atoms with van der Waals surface area (Å²) in [6.45, 7) is 4.58. The van der Waals surface area contributed by atoms with Gasteiger partial charge >= 0.3 is 0 Å². The van der Waals surface area contributed by atoms with Gasteiger partial charge in [-0.15, -0.1) is 0 Å². The lowest BCUT2D eigenvalue weighted by Crippen LogP contribution is -2.24. The summed E-state index contributed by atoms with van der Waals surface area (Å²) in [4.78, 5) is 2.60. The van der Waals surface area contributed by atoms with Crippen LogP contribution in [0.25, 0.3) is 0 Å². The van der Waals surface area contributed by atoms with Gasteiger partial charge in [0, 0.05) is 29.3 Å². The lowest BCUT2D eigenvalue weighted by molar-refractivity contribution is 0.494. The molecule has 0 amide bonds. The first-order chi connectivity index (χ1) is 9.13. The van der Waals surface area contributed by atoms with E-state index < -0.39 is 0 Å². The molecule has 1 saturated carbocycles. The molecule has 0 aromatic heterocycles. The Morgan fingerprint density at radius 3 is 2.63 bits per heavy atom. The van der Waals surface area contributed by atoms with Crippen LogP contribution in [0.1, 0.15) is 31.7 Å². The molecule has 2 N–H and O–H groups in total. The minimum Gasteiger partial charge on any atom is -0.371 e. The lowest BCUT2D eigenvalue weighted by Gasteiger charge is -2.24. The van der Waals surface area contributed by atoms with Gasteiger partial charge in [0.25, 0.3) is 0 Å². The predicted octanol–water partition coefficient (Wildman–Crippen LogP) is 3.58. The summed E-state index contributed by atoms with van der Waals surface area (Å²) < 4.78 is 1.16. The first-order valence-electron chi connectivity index (χ1n) is 7.42. The van der Waals surface area contributed by atoms with E-state index in [1.165, 1.54) is 43.6 Å². The number of benzene rings is 1. The van der Waals surface area contributed by atoms with Crippen molar-refractivity contribution in [1.82, 2.24) is 0 Å². The Balaban J connectivity index is 1.84. The topological polar surface area (TPSA) is 29.3 Å². The minimum atomic E-state index is 0.218. The molecule has 2 aliphatic rings. The number of fused-ring (bicyclic) bond motifs is 1. The summed E-state index contributed by atoms with van der Waals surface area (Å²) in [5.74, 6) is 1.87. The van der Waals surface area contributed by atoms with Crippen LogP contribution < -0.4 is 10.6 Å². The third kappa shape index (κ3) is 2.82. The van der Waals surface area contributed by atoms with E-state index in [-0.39, 0.29) is 6.04 Å². The molecule has 0 radical (unpaired) electrons. The number of rotatable bonds is 3. The molecule has 0 bridgehead atoms. The normalized spacial score (nSPS) is 27.6. The minimum absolute atomic E-state index is 0.218. The van der Waals surface area contributed by atoms with Crippen molar-refractivity contribution in [2.75, 3.05) is 18.0 Å². The second-order valence-electron chi connectivity index (χ2n) is 6.31. The van der Waals surface area contributed by atoms with Gasteiger partial charge in [0.15, 0.2) is 0 Å². The van der Waals surface area contributed by atoms with E-state index >= 15 is 0 Å². The van der Waals surface area contributed by atoms with Crippen LogP contribution in [0, 0.1) is 11.8 Å². The molecule has 0 spiro atoms. The number of hydrogen-bond donors (Lipinski definition) is 1. The van der Waals surface area contributed by atoms with Crippen LogP contribution in [0.4, 0.5) is 5.69 Å². The fourth-order valence-corrected chi connectivity index (χ4v) is 4.21. The van der Waals surface area contributed by atoms with E-state index in [1.807, 2.05) is 0 Å². The zero-order chi connectivity index (χ0) is 13.4. The van der Waals surface area contributed by atoms with Crippen molar-refractivity contribution in [2.24, 2.45) is 17.6 Å². The van der Waals surface area contributed by atoms with Crippen LogP contribution in [0.15, 0.2) is 22.7 Å². The molecule has 3 rings (SSSR count). The van der Waals surface area contributed by atoms with Crippen molar-refractivity contribution in [3.8, 4) is 0 Å². The van der Waals surface area contributed by atoms with Gasteiger partial charge in [-0.3, -0.25) is 0 Å². The largest absolute Gasteiger partial charge is 0.371 e. The number of halogens is 1. The fourth-order valence-electron chi connectivity index (χ4n) is 3.80. The Labute approximate surface area is 124 Å². The highest BCUT2D eigenvalue weighted by atomic mass is 79.9. The molecular weight excluding hydrogens is 300 g/mol. The van der Waals surface area contributed by atoms with Crippen molar-refractivity contribution in [1.29, 1.82) is 0 Å². The fraction of sp³-hybridized carbons (Fsp3) is 0.625. The molecule has 3 atom stereocenters. The van der Waals surface area contributed by atoms with Crippen LogP contribution in [0.2, 0.25) is 0 Å². The van der Waals surface area contributed by atoms with E-state index in [1.54, 1.807) is 0 Å². The Bertz CT molecular complexity index is 446. The molecule has 1 aliphatic carbocycles.